The van der Waals surface area contributed by atoms with Gasteiger partial charge >= 0.3 is 0 Å². The molecule has 0 spiro atoms. The lowest BCUT2D eigenvalue weighted by atomic mass is 10.2. The molecule has 5 rings (SSSR count). The Balaban J connectivity index is 1.55. The van der Waals surface area contributed by atoms with Crippen LogP contribution in [0.4, 0.5) is 11.6 Å². The highest BCUT2D eigenvalue weighted by molar-refractivity contribution is 6.30. The van der Waals surface area contributed by atoms with Crippen LogP contribution in [0.5, 0.6) is 0 Å². The van der Waals surface area contributed by atoms with Crippen LogP contribution in [0.1, 0.15) is 39.0 Å². The van der Waals surface area contributed by atoms with Crippen molar-refractivity contribution >= 4 is 34.9 Å². The number of benzene rings is 1. The number of aromatic amines is 2. The monoisotopic (exact) mass is 509 g/mol. The zero-order chi connectivity index (χ0) is 25.2. The molecule has 1 amide bonds. The zero-order valence-corrected chi connectivity index (χ0v) is 20.7. The molecule has 188 valence electrons. The quantitative estimate of drug-likeness (QED) is 0.313. The lowest BCUT2D eigenvalue weighted by molar-refractivity contribution is -0.117. The van der Waals surface area contributed by atoms with Crippen molar-refractivity contribution in [1.29, 1.82) is 0 Å². The minimum atomic E-state index is -0.478. The number of amides is 1. The second-order valence-corrected chi connectivity index (χ2v) is 9.45. The Morgan fingerprint density at radius 2 is 1.97 bits per heavy atom. The first-order valence-corrected chi connectivity index (χ1v) is 12.6. The molecule has 0 unspecified atom stereocenters. The van der Waals surface area contributed by atoms with E-state index in [4.69, 9.17) is 16.6 Å². The van der Waals surface area contributed by atoms with Gasteiger partial charge in [0.25, 0.3) is 11.1 Å². The van der Waals surface area contributed by atoms with Crippen molar-refractivity contribution < 1.29 is 4.79 Å². The van der Waals surface area contributed by atoms with Gasteiger partial charge in [0.15, 0.2) is 0 Å². The Kier molecular flexibility index (Phi) is 6.69. The van der Waals surface area contributed by atoms with Gasteiger partial charge in [-0.3, -0.25) is 33.5 Å². The predicted octanol–water partition coefficient (Wildman–Crippen LogP) is 3.63. The molecule has 1 aromatic carbocycles. The van der Waals surface area contributed by atoms with Gasteiger partial charge in [-0.15, -0.1) is 0 Å². The third kappa shape index (κ3) is 4.68. The van der Waals surface area contributed by atoms with Gasteiger partial charge in [-0.1, -0.05) is 43.5 Å². The first-order valence-electron chi connectivity index (χ1n) is 12.2. The number of unbranched alkanes of at least 4 members (excludes halogenated alkanes) is 2. The number of rotatable bonds is 8. The Morgan fingerprint density at radius 1 is 1.17 bits per heavy atom. The molecular formula is C25H28ClN7O3. The van der Waals surface area contributed by atoms with Crippen molar-refractivity contribution in [2.75, 3.05) is 16.8 Å². The number of H-pyrrole nitrogens is 2. The summed E-state index contributed by atoms with van der Waals surface area (Å²) in [5.41, 5.74) is 1.01. The van der Waals surface area contributed by atoms with Crippen LogP contribution >= 0.6 is 11.6 Å². The Bertz CT molecular complexity index is 1500. The average Bonchev–Trinajstić information content (AvgIpc) is 3.61. The number of hydrogen-bond donors (Lipinski definition) is 3. The molecule has 36 heavy (non-hydrogen) atoms. The van der Waals surface area contributed by atoms with E-state index >= 15 is 0 Å². The van der Waals surface area contributed by atoms with E-state index in [0.29, 0.717) is 47.6 Å². The molecule has 0 radical (unpaired) electrons. The van der Waals surface area contributed by atoms with Crippen LogP contribution in [-0.4, -0.2) is 42.6 Å². The van der Waals surface area contributed by atoms with Gasteiger partial charge in [0.1, 0.15) is 17.7 Å². The van der Waals surface area contributed by atoms with Crippen molar-refractivity contribution in [2.45, 2.75) is 51.6 Å². The van der Waals surface area contributed by atoms with Gasteiger partial charge in [-0.25, -0.2) is 4.98 Å². The van der Waals surface area contributed by atoms with Crippen LogP contribution < -0.4 is 21.3 Å². The lowest BCUT2D eigenvalue weighted by Crippen LogP contribution is -2.42. The Morgan fingerprint density at radius 3 is 2.69 bits per heavy atom. The SMILES string of the molecule is CCCCCn1c(N2CCC[C@H]2C(=O)Nc2cc(=O)[nH][nH]2)cc(=O)n2cc(-c3ccc(Cl)cc3)nc12. The molecule has 4 heterocycles. The third-order valence-electron chi connectivity index (χ3n) is 6.52. The van der Waals surface area contributed by atoms with E-state index in [1.165, 1.54) is 6.07 Å². The molecule has 3 N–H and O–H groups in total. The minimum Gasteiger partial charge on any atom is -0.346 e. The maximum atomic E-state index is 13.2. The molecule has 1 fully saturated rings. The number of halogens is 1. The fourth-order valence-electron chi connectivity index (χ4n) is 4.74. The minimum absolute atomic E-state index is 0.208. The molecule has 1 aliphatic rings. The van der Waals surface area contributed by atoms with Gasteiger partial charge in [0, 0.05) is 42.0 Å². The van der Waals surface area contributed by atoms with E-state index in [1.807, 2.05) is 21.6 Å². The second kappa shape index (κ2) is 10.1. The summed E-state index contributed by atoms with van der Waals surface area (Å²) < 4.78 is 3.61. The van der Waals surface area contributed by atoms with E-state index in [0.717, 1.165) is 31.2 Å². The number of anilines is 2. The molecule has 0 bridgehead atoms. The van der Waals surface area contributed by atoms with Crippen molar-refractivity contribution in [2.24, 2.45) is 0 Å². The van der Waals surface area contributed by atoms with Gasteiger partial charge in [-0.2, -0.15) is 0 Å². The number of fused-ring (bicyclic) bond motifs is 1. The van der Waals surface area contributed by atoms with E-state index in [9.17, 15) is 14.4 Å². The summed E-state index contributed by atoms with van der Waals surface area (Å²) in [6.07, 6.45) is 6.20. The maximum absolute atomic E-state index is 13.2. The van der Waals surface area contributed by atoms with Crippen LogP contribution in [-0.2, 0) is 11.3 Å². The molecule has 1 atom stereocenters. The molecular weight excluding hydrogens is 482 g/mol. The molecule has 0 saturated carbocycles. The van der Waals surface area contributed by atoms with Gasteiger partial charge in [0.2, 0.25) is 11.7 Å². The van der Waals surface area contributed by atoms with E-state index in [1.54, 1.807) is 28.8 Å². The van der Waals surface area contributed by atoms with Crippen LogP contribution in [0.15, 0.2) is 52.2 Å². The summed E-state index contributed by atoms with van der Waals surface area (Å²) in [4.78, 5) is 44.6. The lowest BCUT2D eigenvalue weighted by Gasteiger charge is -2.28. The normalized spacial score (nSPS) is 15.6. The fourth-order valence-corrected chi connectivity index (χ4v) is 4.87. The number of carbonyl (C=O) groups is 1. The van der Waals surface area contributed by atoms with Crippen molar-refractivity contribution in [3.8, 4) is 11.3 Å². The summed E-state index contributed by atoms with van der Waals surface area (Å²) >= 11 is 6.05. The highest BCUT2D eigenvalue weighted by Crippen LogP contribution is 2.28. The van der Waals surface area contributed by atoms with Gasteiger partial charge in [0.05, 0.1) is 5.69 Å². The second-order valence-electron chi connectivity index (χ2n) is 9.02. The molecule has 1 aliphatic heterocycles. The number of aromatic nitrogens is 5. The summed E-state index contributed by atoms with van der Waals surface area (Å²) in [6, 6.07) is 9.76. The van der Waals surface area contributed by atoms with E-state index < -0.39 is 6.04 Å². The molecule has 1 saturated heterocycles. The molecule has 11 heteroatoms. The topological polar surface area (TPSA) is 120 Å². The van der Waals surface area contributed by atoms with Crippen molar-refractivity contribution in [3.63, 3.8) is 0 Å². The molecule has 0 aliphatic carbocycles. The number of nitrogens with one attached hydrogen (secondary N) is 3. The largest absolute Gasteiger partial charge is 0.346 e. The molecule has 4 aromatic rings. The van der Waals surface area contributed by atoms with E-state index in [-0.39, 0.29) is 17.0 Å². The van der Waals surface area contributed by atoms with Crippen LogP contribution in [0.3, 0.4) is 0 Å². The summed E-state index contributed by atoms with van der Waals surface area (Å²) in [5.74, 6) is 1.30. The predicted molar refractivity (Wildman–Crippen MR) is 140 cm³/mol. The first kappa shape index (κ1) is 23.9. The Hall–Kier alpha value is -3.79. The van der Waals surface area contributed by atoms with Crippen LogP contribution in [0.2, 0.25) is 5.02 Å². The van der Waals surface area contributed by atoms with Crippen molar-refractivity contribution in [1.82, 2.24) is 24.1 Å². The number of aryl methyl sites for hydroxylation is 1. The number of imidazole rings is 1. The van der Waals surface area contributed by atoms with Crippen molar-refractivity contribution in [3.05, 3.63) is 68.3 Å². The first-order chi connectivity index (χ1) is 17.4. The highest BCUT2D eigenvalue weighted by Gasteiger charge is 2.33. The van der Waals surface area contributed by atoms with Gasteiger partial charge < -0.3 is 10.2 Å². The van der Waals surface area contributed by atoms with Crippen LogP contribution in [0.25, 0.3) is 17.0 Å². The van der Waals surface area contributed by atoms with Gasteiger partial charge in [-0.05, 0) is 31.4 Å². The molecule has 3 aromatic heterocycles. The zero-order valence-electron chi connectivity index (χ0n) is 20.0. The Labute approximate surface area is 211 Å². The standard InChI is InChI=1S/C25H28ClN7O3/c1-2-3-4-11-32-22(31-12-5-6-19(31)24(36)28-20-13-21(34)30-29-20)14-23(35)33-15-18(27-25(32)33)16-7-9-17(26)10-8-16/h7-10,13-15,19H,2-6,11-12H2,1H3,(H3,28,29,30,34,36)/t19-/m0/s1. The summed E-state index contributed by atoms with van der Waals surface area (Å²) in [6.45, 7) is 3.44. The highest BCUT2D eigenvalue weighted by atomic mass is 35.5. The van der Waals surface area contributed by atoms with Crippen LogP contribution in [0, 0.1) is 0 Å². The number of nitrogens with zero attached hydrogens (tertiary/aromatic N) is 4. The summed E-state index contributed by atoms with van der Waals surface area (Å²) in [5, 5.41) is 8.47. The maximum Gasteiger partial charge on any atom is 0.266 e. The third-order valence-corrected chi connectivity index (χ3v) is 6.78. The average molecular weight is 510 g/mol. The fraction of sp³-hybridized carbons (Fsp3) is 0.360. The van der Waals surface area contributed by atoms with E-state index in [2.05, 4.69) is 22.4 Å². The number of carbonyl (C=O) groups excluding carboxylic acids is 1. The summed E-state index contributed by atoms with van der Waals surface area (Å²) in [7, 11) is 0. The smallest absolute Gasteiger partial charge is 0.266 e. The molecule has 10 nitrogen and oxygen atoms in total. The number of hydrogen-bond acceptors (Lipinski definition) is 5.